The smallest absolute Gasteiger partial charge is 0.302 e. The van der Waals surface area contributed by atoms with Crippen molar-refractivity contribution in [1.82, 2.24) is 4.90 Å². The minimum atomic E-state index is -0.202. The topological polar surface area (TPSA) is 29.5 Å². The summed E-state index contributed by atoms with van der Waals surface area (Å²) in [7, 11) is 0. The fourth-order valence-corrected chi connectivity index (χ4v) is 1.46. The number of carbonyl (C=O) groups is 1. The molecular formula is C10H21NO2. The lowest BCUT2D eigenvalue weighted by Crippen LogP contribution is -2.41. The molecule has 0 aliphatic rings. The van der Waals surface area contributed by atoms with E-state index < -0.39 is 0 Å². The third kappa shape index (κ3) is 4.27. The molecule has 78 valence electrons. The molecule has 0 saturated carbocycles. The van der Waals surface area contributed by atoms with Crippen LogP contribution in [0.15, 0.2) is 0 Å². The van der Waals surface area contributed by atoms with Crippen LogP contribution < -0.4 is 0 Å². The number of rotatable bonds is 5. The van der Waals surface area contributed by atoms with Crippen molar-refractivity contribution in [2.24, 2.45) is 0 Å². The van der Waals surface area contributed by atoms with Crippen molar-refractivity contribution in [3.8, 4) is 0 Å². The largest absolute Gasteiger partial charge is 0.461 e. The molecule has 0 unspecified atom stereocenters. The fourth-order valence-electron chi connectivity index (χ4n) is 1.46. The Morgan fingerprint density at radius 1 is 1.31 bits per heavy atom. The molecule has 0 bridgehead atoms. The lowest BCUT2D eigenvalue weighted by molar-refractivity contribution is -0.148. The molecule has 0 aromatic carbocycles. The van der Waals surface area contributed by atoms with Crippen LogP contribution in [0.4, 0.5) is 0 Å². The van der Waals surface area contributed by atoms with Crippen molar-refractivity contribution in [2.75, 3.05) is 13.1 Å². The quantitative estimate of drug-likeness (QED) is 0.613. The Bertz CT molecular complexity index is 155. The highest BCUT2D eigenvalue weighted by Gasteiger charge is 2.19. The molecule has 0 saturated heterocycles. The molecule has 0 radical (unpaired) electrons. The molecule has 0 aromatic rings. The Morgan fingerprint density at radius 3 is 2.08 bits per heavy atom. The van der Waals surface area contributed by atoms with E-state index in [1.807, 2.05) is 6.92 Å². The number of ether oxygens (including phenoxy) is 1. The van der Waals surface area contributed by atoms with Crippen LogP contribution in [-0.2, 0) is 9.53 Å². The van der Waals surface area contributed by atoms with Crippen LogP contribution in [0.3, 0.4) is 0 Å². The zero-order valence-electron chi connectivity index (χ0n) is 9.33. The summed E-state index contributed by atoms with van der Waals surface area (Å²) < 4.78 is 5.12. The Kier molecular flexibility index (Phi) is 5.71. The van der Waals surface area contributed by atoms with Gasteiger partial charge < -0.3 is 4.74 Å². The monoisotopic (exact) mass is 187 g/mol. The van der Waals surface area contributed by atoms with Gasteiger partial charge in [0.2, 0.25) is 0 Å². The summed E-state index contributed by atoms with van der Waals surface area (Å²) in [5.74, 6) is -0.202. The van der Waals surface area contributed by atoms with Gasteiger partial charge in [-0.15, -0.1) is 0 Å². The van der Waals surface area contributed by atoms with Gasteiger partial charge in [-0.1, -0.05) is 13.8 Å². The van der Waals surface area contributed by atoms with E-state index >= 15 is 0 Å². The third-order valence-corrected chi connectivity index (χ3v) is 2.42. The Labute approximate surface area is 81.1 Å². The van der Waals surface area contributed by atoms with E-state index in [-0.39, 0.29) is 12.1 Å². The Hall–Kier alpha value is -0.570. The SMILES string of the molecule is CCN(CC)[C@H](C)[C@@H](C)OC(C)=O. The maximum absolute atomic E-state index is 10.7. The van der Waals surface area contributed by atoms with Crippen LogP contribution in [0.25, 0.3) is 0 Å². The summed E-state index contributed by atoms with van der Waals surface area (Å²) >= 11 is 0. The molecule has 13 heavy (non-hydrogen) atoms. The third-order valence-electron chi connectivity index (χ3n) is 2.42. The lowest BCUT2D eigenvalue weighted by atomic mass is 10.2. The molecule has 0 amide bonds. The number of nitrogens with zero attached hydrogens (tertiary/aromatic N) is 1. The van der Waals surface area contributed by atoms with Crippen LogP contribution in [0.1, 0.15) is 34.6 Å². The van der Waals surface area contributed by atoms with E-state index in [0.717, 1.165) is 13.1 Å². The highest BCUT2D eigenvalue weighted by atomic mass is 16.5. The molecule has 0 aliphatic heterocycles. The number of likely N-dealkylation sites (N-methyl/N-ethyl adjacent to an activating group) is 1. The van der Waals surface area contributed by atoms with E-state index in [0.29, 0.717) is 6.04 Å². The molecule has 0 fully saturated rings. The summed E-state index contributed by atoms with van der Waals surface area (Å²) in [5, 5.41) is 0. The van der Waals surface area contributed by atoms with Crippen LogP contribution in [0.2, 0.25) is 0 Å². The molecule has 0 aromatic heterocycles. The second-order valence-corrected chi connectivity index (χ2v) is 3.28. The van der Waals surface area contributed by atoms with Gasteiger partial charge in [-0.05, 0) is 26.9 Å². The van der Waals surface area contributed by atoms with Crippen LogP contribution in [0, 0.1) is 0 Å². The van der Waals surface area contributed by atoms with Crippen molar-refractivity contribution in [2.45, 2.75) is 46.8 Å². The van der Waals surface area contributed by atoms with E-state index in [1.54, 1.807) is 0 Å². The molecular weight excluding hydrogens is 166 g/mol. The van der Waals surface area contributed by atoms with Gasteiger partial charge in [0.15, 0.2) is 0 Å². The fraction of sp³-hybridized carbons (Fsp3) is 0.900. The first-order valence-corrected chi connectivity index (χ1v) is 4.94. The second kappa shape index (κ2) is 5.97. The van der Waals surface area contributed by atoms with Crippen LogP contribution >= 0.6 is 0 Å². The maximum Gasteiger partial charge on any atom is 0.302 e. The minimum absolute atomic E-state index is 0.0302. The average Bonchev–Trinajstić information content (AvgIpc) is 2.05. The predicted molar refractivity (Wildman–Crippen MR) is 53.6 cm³/mol. The highest BCUT2D eigenvalue weighted by Crippen LogP contribution is 2.07. The van der Waals surface area contributed by atoms with Crippen molar-refractivity contribution in [1.29, 1.82) is 0 Å². The summed E-state index contributed by atoms with van der Waals surface area (Å²) in [6.07, 6.45) is -0.0302. The van der Waals surface area contributed by atoms with Gasteiger partial charge in [-0.25, -0.2) is 0 Å². The first kappa shape index (κ1) is 12.4. The van der Waals surface area contributed by atoms with Crippen LogP contribution in [0.5, 0.6) is 0 Å². The van der Waals surface area contributed by atoms with Gasteiger partial charge in [0.1, 0.15) is 6.10 Å². The summed E-state index contributed by atoms with van der Waals surface area (Å²) in [4.78, 5) is 13.0. The molecule has 0 rings (SSSR count). The second-order valence-electron chi connectivity index (χ2n) is 3.28. The molecule has 3 heteroatoms. The first-order chi connectivity index (χ1) is 6.02. The van der Waals surface area contributed by atoms with Gasteiger partial charge in [-0.3, -0.25) is 9.69 Å². The van der Waals surface area contributed by atoms with Gasteiger partial charge in [0, 0.05) is 13.0 Å². The average molecular weight is 187 g/mol. The van der Waals surface area contributed by atoms with Gasteiger partial charge in [0.05, 0.1) is 0 Å². The predicted octanol–water partition coefficient (Wildman–Crippen LogP) is 1.67. The summed E-state index contributed by atoms with van der Waals surface area (Å²) in [6, 6.07) is 0.291. The number of carbonyl (C=O) groups excluding carboxylic acids is 1. The van der Waals surface area contributed by atoms with Crippen LogP contribution in [-0.4, -0.2) is 36.1 Å². The van der Waals surface area contributed by atoms with E-state index in [1.165, 1.54) is 6.92 Å². The lowest BCUT2D eigenvalue weighted by Gasteiger charge is -2.30. The van der Waals surface area contributed by atoms with Gasteiger partial charge >= 0.3 is 5.97 Å². The number of hydrogen-bond acceptors (Lipinski definition) is 3. The highest BCUT2D eigenvalue weighted by molar-refractivity contribution is 5.66. The van der Waals surface area contributed by atoms with E-state index in [9.17, 15) is 4.79 Å². The molecule has 3 nitrogen and oxygen atoms in total. The normalized spacial score (nSPS) is 15.5. The zero-order valence-corrected chi connectivity index (χ0v) is 9.33. The number of esters is 1. The van der Waals surface area contributed by atoms with E-state index in [4.69, 9.17) is 4.74 Å². The minimum Gasteiger partial charge on any atom is -0.461 e. The van der Waals surface area contributed by atoms with E-state index in [2.05, 4.69) is 25.7 Å². The standard InChI is InChI=1S/C10H21NO2/c1-6-11(7-2)8(3)9(4)13-10(5)12/h8-9H,6-7H2,1-5H3/t8-,9-/m1/s1. The molecule has 0 aliphatic carbocycles. The summed E-state index contributed by atoms with van der Waals surface area (Å²) in [6.45, 7) is 11.7. The zero-order chi connectivity index (χ0) is 10.4. The Balaban J connectivity index is 4.05. The molecule has 2 atom stereocenters. The van der Waals surface area contributed by atoms with Gasteiger partial charge in [0.25, 0.3) is 0 Å². The van der Waals surface area contributed by atoms with Crippen molar-refractivity contribution in [3.05, 3.63) is 0 Å². The maximum atomic E-state index is 10.7. The molecule has 0 N–H and O–H groups in total. The number of hydrogen-bond donors (Lipinski definition) is 0. The molecule has 0 heterocycles. The summed E-state index contributed by atoms with van der Waals surface area (Å²) in [5.41, 5.74) is 0. The van der Waals surface area contributed by atoms with Crippen molar-refractivity contribution >= 4 is 5.97 Å². The molecule has 0 spiro atoms. The Morgan fingerprint density at radius 2 is 1.77 bits per heavy atom. The van der Waals surface area contributed by atoms with Gasteiger partial charge in [-0.2, -0.15) is 0 Å². The van der Waals surface area contributed by atoms with Crippen molar-refractivity contribution < 1.29 is 9.53 Å². The first-order valence-electron chi connectivity index (χ1n) is 4.94. The van der Waals surface area contributed by atoms with Crippen molar-refractivity contribution in [3.63, 3.8) is 0 Å².